The summed E-state index contributed by atoms with van der Waals surface area (Å²) in [7, 11) is 0. The molecule has 0 bridgehead atoms. The van der Waals surface area contributed by atoms with Crippen molar-refractivity contribution in [3.63, 3.8) is 0 Å². The Kier molecular flexibility index (Phi) is 2.86. The fraction of sp³-hybridized carbons (Fsp3) is 0.182. The number of rotatable bonds is 2. The van der Waals surface area contributed by atoms with Crippen LogP contribution < -0.4 is 4.74 Å². The summed E-state index contributed by atoms with van der Waals surface area (Å²) in [5, 5.41) is 1.12. The average Bonchev–Trinajstić information content (AvgIpc) is 2.19. The topological polar surface area (TPSA) is 22.1 Å². The highest BCUT2D eigenvalue weighted by Gasteiger charge is 1.98. The van der Waals surface area contributed by atoms with Gasteiger partial charge in [0, 0.05) is 5.39 Å². The number of hydrogen-bond donors (Lipinski definition) is 0. The van der Waals surface area contributed by atoms with Gasteiger partial charge in [-0.2, -0.15) is 0 Å². The van der Waals surface area contributed by atoms with E-state index in [1.165, 1.54) is 0 Å². The van der Waals surface area contributed by atoms with Crippen LogP contribution in [0.2, 0.25) is 0 Å². The van der Waals surface area contributed by atoms with Gasteiger partial charge in [0.1, 0.15) is 9.45 Å². The van der Waals surface area contributed by atoms with E-state index in [1.807, 2.05) is 31.2 Å². The minimum atomic E-state index is 0.698. The highest BCUT2D eigenvalue weighted by atomic mass is 127. The van der Waals surface area contributed by atoms with E-state index in [-0.39, 0.29) is 0 Å². The predicted molar refractivity (Wildman–Crippen MR) is 65.6 cm³/mol. The first kappa shape index (κ1) is 9.71. The number of nitrogens with zero attached hydrogens (tertiary/aromatic N) is 1. The molecule has 0 saturated carbocycles. The van der Waals surface area contributed by atoms with Gasteiger partial charge in [0.05, 0.1) is 12.1 Å². The number of pyridine rings is 1. The summed E-state index contributed by atoms with van der Waals surface area (Å²) in [5.74, 6) is 0.906. The van der Waals surface area contributed by atoms with Gasteiger partial charge in [0.25, 0.3) is 0 Å². The second kappa shape index (κ2) is 4.13. The van der Waals surface area contributed by atoms with Gasteiger partial charge in [-0.1, -0.05) is 6.07 Å². The summed E-state index contributed by atoms with van der Waals surface area (Å²) >= 11 is 2.21. The molecule has 0 saturated heterocycles. The van der Waals surface area contributed by atoms with Gasteiger partial charge in [-0.05, 0) is 53.8 Å². The molecule has 1 aromatic heterocycles. The quantitative estimate of drug-likeness (QED) is 0.627. The predicted octanol–water partition coefficient (Wildman–Crippen LogP) is 3.24. The molecule has 0 unspecified atom stereocenters. The van der Waals surface area contributed by atoms with Crippen molar-refractivity contribution < 1.29 is 4.74 Å². The zero-order valence-corrected chi connectivity index (χ0v) is 9.98. The van der Waals surface area contributed by atoms with Gasteiger partial charge < -0.3 is 4.74 Å². The Morgan fingerprint density at radius 1 is 1.29 bits per heavy atom. The number of ether oxygens (including phenoxy) is 1. The molecule has 0 aliphatic heterocycles. The number of benzene rings is 1. The van der Waals surface area contributed by atoms with Crippen LogP contribution in [-0.4, -0.2) is 11.6 Å². The number of hydrogen-bond acceptors (Lipinski definition) is 2. The highest BCUT2D eigenvalue weighted by molar-refractivity contribution is 14.1. The molecule has 0 amide bonds. The Morgan fingerprint density at radius 3 is 2.93 bits per heavy atom. The molecule has 0 radical (unpaired) electrons. The van der Waals surface area contributed by atoms with Crippen molar-refractivity contribution in [3.8, 4) is 5.75 Å². The summed E-state index contributed by atoms with van der Waals surface area (Å²) in [6.07, 6.45) is 0. The third-order valence-electron chi connectivity index (χ3n) is 1.94. The smallest absolute Gasteiger partial charge is 0.120 e. The van der Waals surface area contributed by atoms with Crippen LogP contribution in [0, 0.1) is 3.70 Å². The lowest BCUT2D eigenvalue weighted by atomic mass is 10.2. The lowest BCUT2D eigenvalue weighted by Gasteiger charge is -2.04. The van der Waals surface area contributed by atoms with Crippen LogP contribution in [0.1, 0.15) is 6.92 Å². The number of halogens is 1. The molecule has 1 aromatic carbocycles. The van der Waals surface area contributed by atoms with E-state index in [2.05, 4.69) is 33.6 Å². The third kappa shape index (κ3) is 1.97. The molecule has 14 heavy (non-hydrogen) atoms. The summed E-state index contributed by atoms with van der Waals surface area (Å²) in [6, 6.07) is 10.0. The van der Waals surface area contributed by atoms with E-state index < -0.39 is 0 Å². The number of aromatic nitrogens is 1. The van der Waals surface area contributed by atoms with Gasteiger partial charge in [-0.3, -0.25) is 0 Å². The van der Waals surface area contributed by atoms with Crippen LogP contribution in [0.15, 0.2) is 30.3 Å². The Morgan fingerprint density at radius 2 is 2.14 bits per heavy atom. The maximum atomic E-state index is 5.41. The highest BCUT2D eigenvalue weighted by Crippen LogP contribution is 2.20. The third-order valence-corrected chi connectivity index (χ3v) is 2.54. The first-order valence-electron chi connectivity index (χ1n) is 4.48. The molecule has 3 heteroatoms. The summed E-state index contributed by atoms with van der Waals surface area (Å²) in [6.45, 7) is 2.68. The molecular weight excluding hydrogens is 289 g/mol. The number of fused-ring (bicyclic) bond motifs is 1. The van der Waals surface area contributed by atoms with Crippen LogP contribution in [0.3, 0.4) is 0 Å². The molecule has 0 N–H and O–H groups in total. The van der Waals surface area contributed by atoms with E-state index >= 15 is 0 Å². The SMILES string of the molecule is CCOc1ccc2nc(I)ccc2c1. The average molecular weight is 299 g/mol. The van der Waals surface area contributed by atoms with E-state index in [4.69, 9.17) is 4.74 Å². The molecule has 1 heterocycles. The van der Waals surface area contributed by atoms with Crippen LogP contribution in [-0.2, 0) is 0 Å². The first-order chi connectivity index (χ1) is 6.79. The van der Waals surface area contributed by atoms with Gasteiger partial charge in [0.15, 0.2) is 0 Å². The second-order valence-corrected chi connectivity index (χ2v) is 4.03. The standard InChI is InChI=1S/C11H10INO/c1-2-14-9-4-5-10-8(7-9)3-6-11(12)13-10/h3-7H,2H2,1H3. The largest absolute Gasteiger partial charge is 0.494 e. The molecule has 0 fully saturated rings. The van der Waals surface area contributed by atoms with Crippen LogP contribution in [0.5, 0.6) is 5.75 Å². The normalized spacial score (nSPS) is 10.4. The Hall–Kier alpha value is -0.840. The molecule has 2 aromatic rings. The molecule has 2 rings (SSSR count). The van der Waals surface area contributed by atoms with Crippen molar-refractivity contribution in [2.75, 3.05) is 6.61 Å². The summed E-state index contributed by atoms with van der Waals surface area (Å²) in [4.78, 5) is 4.41. The molecule has 0 spiro atoms. The monoisotopic (exact) mass is 299 g/mol. The van der Waals surface area contributed by atoms with E-state index in [0.717, 1.165) is 20.4 Å². The van der Waals surface area contributed by atoms with Gasteiger partial charge >= 0.3 is 0 Å². The van der Waals surface area contributed by atoms with Gasteiger partial charge in [-0.15, -0.1) is 0 Å². The van der Waals surface area contributed by atoms with E-state index in [0.29, 0.717) is 6.61 Å². The van der Waals surface area contributed by atoms with Crippen molar-refractivity contribution in [1.82, 2.24) is 4.98 Å². The first-order valence-corrected chi connectivity index (χ1v) is 5.56. The van der Waals surface area contributed by atoms with Gasteiger partial charge in [-0.25, -0.2) is 4.98 Å². The molecule has 2 nitrogen and oxygen atoms in total. The molecule has 0 aliphatic carbocycles. The Balaban J connectivity index is 2.50. The van der Waals surface area contributed by atoms with Crippen molar-refractivity contribution in [3.05, 3.63) is 34.0 Å². The van der Waals surface area contributed by atoms with Crippen LogP contribution in [0.25, 0.3) is 10.9 Å². The Labute approximate surface area is 96.4 Å². The molecular formula is C11H10INO. The zero-order valence-electron chi connectivity index (χ0n) is 7.83. The minimum absolute atomic E-state index is 0.698. The fourth-order valence-electron chi connectivity index (χ4n) is 1.34. The second-order valence-electron chi connectivity index (χ2n) is 2.92. The summed E-state index contributed by atoms with van der Waals surface area (Å²) in [5.41, 5.74) is 1.01. The summed E-state index contributed by atoms with van der Waals surface area (Å²) < 4.78 is 6.43. The van der Waals surface area contributed by atoms with Gasteiger partial charge in [0.2, 0.25) is 0 Å². The van der Waals surface area contributed by atoms with Crippen molar-refractivity contribution in [1.29, 1.82) is 0 Å². The van der Waals surface area contributed by atoms with E-state index in [1.54, 1.807) is 0 Å². The molecule has 72 valence electrons. The zero-order chi connectivity index (χ0) is 9.97. The van der Waals surface area contributed by atoms with Crippen molar-refractivity contribution in [2.24, 2.45) is 0 Å². The minimum Gasteiger partial charge on any atom is -0.494 e. The maximum absolute atomic E-state index is 5.41. The van der Waals surface area contributed by atoms with Crippen LogP contribution >= 0.6 is 22.6 Å². The van der Waals surface area contributed by atoms with Crippen molar-refractivity contribution >= 4 is 33.5 Å². The van der Waals surface area contributed by atoms with Crippen molar-refractivity contribution in [2.45, 2.75) is 6.92 Å². The van der Waals surface area contributed by atoms with E-state index in [9.17, 15) is 0 Å². The fourth-order valence-corrected chi connectivity index (χ4v) is 1.77. The molecule has 0 aliphatic rings. The van der Waals surface area contributed by atoms with Crippen LogP contribution in [0.4, 0.5) is 0 Å². The molecule has 0 atom stereocenters. The maximum Gasteiger partial charge on any atom is 0.120 e. The Bertz CT molecular complexity index is 456. The lowest BCUT2D eigenvalue weighted by molar-refractivity contribution is 0.340. The lowest BCUT2D eigenvalue weighted by Crippen LogP contribution is -1.91.